The molecule has 0 spiro atoms. The molecule has 0 unspecified atom stereocenters. The van der Waals surface area contributed by atoms with Gasteiger partial charge in [-0.25, -0.2) is 18.1 Å². The third-order valence-corrected chi connectivity index (χ3v) is 3.10. The number of imidazole rings is 1. The zero-order valence-electron chi connectivity index (χ0n) is 8.06. The Bertz CT molecular complexity index is 390. The summed E-state index contributed by atoms with van der Waals surface area (Å²) in [7, 11) is -1.85. The number of aromatic nitrogens is 2. The predicted octanol–water partition coefficient (Wildman–Crippen LogP) is -1.00. The molecule has 0 bridgehead atoms. The van der Waals surface area contributed by atoms with E-state index in [0.29, 0.717) is 5.82 Å². The van der Waals surface area contributed by atoms with Crippen LogP contribution in [-0.4, -0.2) is 36.2 Å². The summed E-state index contributed by atoms with van der Waals surface area (Å²) in [5.74, 6) is 0.620. The van der Waals surface area contributed by atoms with Gasteiger partial charge in [0.1, 0.15) is 5.82 Å². The number of nitrogens with one attached hydrogen (secondary N) is 1. The first kappa shape index (κ1) is 11.2. The fourth-order valence-corrected chi connectivity index (χ4v) is 1.97. The van der Waals surface area contributed by atoms with Crippen LogP contribution in [0.4, 0.5) is 0 Å². The molecule has 0 saturated carbocycles. The molecular weight excluding hydrogens is 206 g/mol. The van der Waals surface area contributed by atoms with Crippen molar-refractivity contribution in [3.8, 4) is 0 Å². The fraction of sp³-hybridized carbons (Fsp3) is 0.571. The number of nitrogens with zero attached hydrogens (tertiary/aromatic N) is 2. The molecular formula is C7H13N3O3S. The number of sulfonamides is 1. The number of aryl methyl sites for hydroxylation is 2. The second-order valence-electron chi connectivity index (χ2n) is 2.86. The van der Waals surface area contributed by atoms with Crippen molar-refractivity contribution in [2.75, 3.05) is 13.2 Å². The van der Waals surface area contributed by atoms with E-state index in [-0.39, 0.29) is 18.2 Å². The topological polar surface area (TPSA) is 84.2 Å². The molecule has 0 aliphatic carbocycles. The van der Waals surface area contributed by atoms with E-state index in [4.69, 9.17) is 5.11 Å². The van der Waals surface area contributed by atoms with Crippen molar-refractivity contribution in [2.45, 2.75) is 11.9 Å². The first-order chi connectivity index (χ1) is 6.47. The van der Waals surface area contributed by atoms with Crippen LogP contribution in [0.5, 0.6) is 0 Å². The van der Waals surface area contributed by atoms with Gasteiger partial charge in [0.05, 0.1) is 6.61 Å². The Balaban J connectivity index is 2.93. The second kappa shape index (κ2) is 4.07. The number of aliphatic hydroxyl groups is 1. The quantitative estimate of drug-likeness (QED) is 0.680. The second-order valence-corrected chi connectivity index (χ2v) is 4.57. The fourth-order valence-electron chi connectivity index (χ4n) is 0.910. The van der Waals surface area contributed by atoms with Crippen LogP contribution in [0, 0.1) is 6.92 Å². The van der Waals surface area contributed by atoms with Crippen LogP contribution in [0.3, 0.4) is 0 Å². The summed E-state index contributed by atoms with van der Waals surface area (Å²) in [6.45, 7) is 1.48. The Morgan fingerprint density at radius 2 is 2.29 bits per heavy atom. The van der Waals surface area contributed by atoms with Crippen molar-refractivity contribution >= 4 is 10.0 Å². The summed E-state index contributed by atoms with van der Waals surface area (Å²) < 4.78 is 26.7. The van der Waals surface area contributed by atoms with Gasteiger partial charge in [0, 0.05) is 19.8 Å². The van der Waals surface area contributed by atoms with Crippen molar-refractivity contribution in [1.82, 2.24) is 14.3 Å². The molecule has 2 N–H and O–H groups in total. The van der Waals surface area contributed by atoms with Gasteiger partial charge in [-0.05, 0) is 6.92 Å². The molecule has 1 heterocycles. The molecule has 0 amide bonds. The van der Waals surface area contributed by atoms with Crippen LogP contribution < -0.4 is 4.72 Å². The summed E-state index contributed by atoms with van der Waals surface area (Å²) in [6, 6.07) is 0. The van der Waals surface area contributed by atoms with E-state index in [2.05, 4.69) is 9.71 Å². The van der Waals surface area contributed by atoms with Gasteiger partial charge >= 0.3 is 0 Å². The first-order valence-corrected chi connectivity index (χ1v) is 5.56. The maximum atomic E-state index is 11.5. The van der Waals surface area contributed by atoms with Crippen molar-refractivity contribution in [3.63, 3.8) is 0 Å². The van der Waals surface area contributed by atoms with Gasteiger partial charge in [-0.15, -0.1) is 0 Å². The lowest BCUT2D eigenvalue weighted by Gasteiger charge is -2.00. The van der Waals surface area contributed by atoms with Crippen LogP contribution >= 0.6 is 0 Å². The highest BCUT2D eigenvalue weighted by molar-refractivity contribution is 7.89. The number of hydrogen-bond donors (Lipinski definition) is 2. The standard InChI is InChI=1S/C7H13N3O3S/c1-6-9-7(5-10(6)2)14(12,13)8-3-4-11/h5,8,11H,3-4H2,1-2H3. The minimum absolute atomic E-state index is 0.00203. The van der Waals surface area contributed by atoms with Gasteiger partial charge in [-0.1, -0.05) is 0 Å². The molecule has 6 nitrogen and oxygen atoms in total. The third-order valence-electron chi connectivity index (χ3n) is 1.77. The van der Waals surface area contributed by atoms with E-state index in [1.165, 1.54) is 6.20 Å². The normalized spacial score (nSPS) is 11.9. The zero-order valence-corrected chi connectivity index (χ0v) is 8.87. The third kappa shape index (κ3) is 2.31. The molecule has 0 saturated heterocycles. The summed E-state index contributed by atoms with van der Waals surface area (Å²) in [5, 5.41) is 8.46. The highest BCUT2D eigenvalue weighted by Crippen LogP contribution is 2.06. The molecule has 0 aliphatic rings. The molecule has 1 aromatic rings. The molecule has 1 aromatic heterocycles. The smallest absolute Gasteiger partial charge is 0.259 e. The van der Waals surface area contributed by atoms with Gasteiger partial charge in [0.15, 0.2) is 5.03 Å². The van der Waals surface area contributed by atoms with E-state index in [1.54, 1.807) is 18.5 Å². The molecule has 1 rings (SSSR count). The van der Waals surface area contributed by atoms with Crippen LogP contribution in [0.15, 0.2) is 11.2 Å². The van der Waals surface area contributed by atoms with Gasteiger partial charge < -0.3 is 9.67 Å². The van der Waals surface area contributed by atoms with Crippen molar-refractivity contribution in [2.24, 2.45) is 7.05 Å². The summed E-state index contributed by atoms with van der Waals surface area (Å²) in [6.07, 6.45) is 1.43. The molecule has 14 heavy (non-hydrogen) atoms. The monoisotopic (exact) mass is 219 g/mol. The Morgan fingerprint density at radius 1 is 1.64 bits per heavy atom. The number of hydrogen-bond acceptors (Lipinski definition) is 4. The van der Waals surface area contributed by atoms with Crippen LogP contribution in [0.25, 0.3) is 0 Å². The number of rotatable bonds is 4. The summed E-state index contributed by atoms with van der Waals surface area (Å²) in [5.41, 5.74) is 0. The lowest BCUT2D eigenvalue weighted by molar-refractivity contribution is 0.301. The zero-order chi connectivity index (χ0) is 10.8. The highest BCUT2D eigenvalue weighted by Gasteiger charge is 2.17. The van der Waals surface area contributed by atoms with Crippen molar-refractivity contribution in [3.05, 3.63) is 12.0 Å². The van der Waals surface area contributed by atoms with Gasteiger partial charge in [-0.2, -0.15) is 0 Å². The van der Waals surface area contributed by atoms with E-state index in [9.17, 15) is 8.42 Å². The lowest BCUT2D eigenvalue weighted by Crippen LogP contribution is -2.26. The predicted molar refractivity (Wildman–Crippen MR) is 50.2 cm³/mol. The molecule has 0 aliphatic heterocycles. The van der Waals surface area contributed by atoms with E-state index < -0.39 is 10.0 Å². The van der Waals surface area contributed by atoms with E-state index in [1.807, 2.05) is 0 Å². The van der Waals surface area contributed by atoms with Crippen LogP contribution in [0.2, 0.25) is 0 Å². The minimum Gasteiger partial charge on any atom is -0.395 e. The maximum Gasteiger partial charge on any atom is 0.259 e. The molecule has 0 atom stereocenters. The largest absolute Gasteiger partial charge is 0.395 e. The Hall–Kier alpha value is -0.920. The average molecular weight is 219 g/mol. The highest BCUT2D eigenvalue weighted by atomic mass is 32.2. The minimum atomic E-state index is -3.57. The molecule has 80 valence electrons. The summed E-state index contributed by atoms with van der Waals surface area (Å²) >= 11 is 0. The van der Waals surface area contributed by atoms with Gasteiger partial charge in [-0.3, -0.25) is 0 Å². The maximum absolute atomic E-state index is 11.5. The van der Waals surface area contributed by atoms with E-state index in [0.717, 1.165) is 0 Å². The Labute approximate surface area is 82.6 Å². The lowest BCUT2D eigenvalue weighted by atomic mass is 10.7. The van der Waals surface area contributed by atoms with Crippen LogP contribution in [0.1, 0.15) is 5.82 Å². The Morgan fingerprint density at radius 3 is 2.71 bits per heavy atom. The van der Waals surface area contributed by atoms with Crippen LogP contribution in [-0.2, 0) is 17.1 Å². The molecule has 0 fully saturated rings. The van der Waals surface area contributed by atoms with E-state index >= 15 is 0 Å². The molecule has 0 aromatic carbocycles. The first-order valence-electron chi connectivity index (χ1n) is 4.08. The average Bonchev–Trinajstić information content (AvgIpc) is 2.45. The van der Waals surface area contributed by atoms with Gasteiger partial charge in [0.2, 0.25) is 0 Å². The molecule has 0 radical (unpaired) electrons. The number of aliphatic hydroxyl groups excluding tert-OH is 1. The summed E-state index contributed by atoms with van der Waals surface area (Å²) in [4.78, 5) is 3.87. The van der Waals surface area contributed by atoms with Crippen molar-refractivity contribution in [1.29, 1.82) is 0 Å². The Kier molecular flexibility index (Phi) is 3.25. The molecule has 7 heteroatoms. The SMILES string of the molecule is Cc1nc(S(=O)(=O)NCCO)cn1C. The van der Waals surface area contributed by atoms with Gasteiger partial charge in [0.25, 0.3) is 10.0 Å². The van der Waals surface area contributed by atoms with Crippen molar-refractivity contribution < 1.29 is 13.5 Å².